The highest BCUT2D eigenvalue weighted by Crippen LogP contribution is 2.16. The van der Waals surface area contributed by atoms with Crippen LogP contribution in [0.5, 0.6) is 0 Å². The third-order valence-electron chi connectivity index (χ3n) is 2.64. The summed E-state index contributed by atoms with van der Waals surface area (Å²) in [7, 11) is 1.64. The zero-order valence-corrected chi connectivity index (χ0v) is 8.45. The number of likely N-dealkylation sites (tertiary alicyclic amines) is 1. The van der Waals surface area contributed by atoms with Crippen molar-refractivity contribution in [2.75, 3.05) is 26.7 Å². The molecule has 0 bridgehead atoms. The fourth-order valence-electron chi connectivity index (χ4n) is 1.72. The van der Waals surface area contributed by atoms with Gasteiger partial charge in [-0.2, -0.15) is 0 Å². The zero-order chi connectivity index (χ0) is 10.6. The van der Waals surface area contributed by atoms with Crippen LogP contribution in [0.1, 0.15) is 12.8 Å². The number of hydrogen-bond acceptors (Lipinski definition) is 3. The van der Waals surface area contributed by atoms with E-state index in [2.05, 4.69) is 5.32 Å². The second kappa shape index (κ2) is 4.95. The monoisotopic (exact) mass is 199 g/mol. The molecule has 0 aromatic carbocycles. The Kier molecular flexibility index (Phi) is 3.88. The number of amides is 2. The van der Waals surface area contributed by atoms with Gasteiger partial charge in [0.25, 0.3) is 0 Å². The molecule has 0 radical (unpaired) electrons. The number of rotatable bonds is 2. The zero-order valence-electron chi connectivity index (χ0n) is 8.45. The molecule has 1 rings (SSSR count). The lowest BCUT2D eigenvalue weighted by Gasteiger charge is -2.30. The standard InChI is InChI=1S/C9H17N3O2/c1-11-9(14)7-2-4-12(5-3-7)8(13)6-10/h7H,2-6,10H2,1H3,(H,11,14). The highest BCUT2D eigenvalue weighted by atomic mass is 16.2. The smallest absolute Gasteiger partial charge is 0.236 e. The molecule has 0 saturated carbocycles. The Balaban J connectivity index is 2.38. The van der Waals surface area contributed by atoms with Crippen molar-refractivity contribution in [1.29, 1.82) is 0 Å². The molecule has 2 amide bonds. The summed E-state index contributed by atoms with van der Waals surface area (Å²) in [6.07, 6.45) is 1.48. The maximum absolute atomic E-state index is 11.3. The van der Waals surface area contributed by atoms with Crippen LogP contribution in [0.2, 0.25) is 0 Å². The molecule has 80 valence electrons. The molecule has 0 unspecified atom stereocenters. The Hall–Kier alpha value is -1.10. The van der Waals surface area contributed by atoms with Gasteiger partial charge in [-0.05, 0) is 12.8 Å². The largest absolute Gasteiger partial charge is 0.359 e. The molecule has 14 heavy (non-hydrogen) atoms. The first kappa shape index (κ1) is 11.0. The first-order chi connectivity index (χ1) is 6.69. The topological polar surface area (TPSA) is 75.4 Å². The molecule has 1 aliphatic rings. The fourth-order valence-corrected chi connectivity index (χ4v) is 1.72. The van der Waals surface area contributed by atoms with Gasteiger partial charge in [-0.3, -0.25) is 9.59 Å². The number of piperidine rings is 1. The molecule has 0 aliphatic carbocycles. The van der Waals surface area contributed by atoms with Crippen molar-refractivity contribution in [2.24, 2.45) is 11.7 Å². The molecule has 5 heteroatoms. The molecule has 5 nitrogen and oxygen atoms in total. The number of nitrogens with zero attached hydrogens (tertiary/aromatic N) is 1. The number of nitrogens with one attached hydrogen (secondary N) is 1. The lowest BCUT2D eigenvalue weighted by molar-refractivity contribution is -0.134. The van der Waals surface area contributed by atoms with Gasteiger partial charge in [-0.25, -0.2) is 0 Å². The number of carbonyl (C=O) groups excluding carboxylic acids is 2. The van der Waals surface area contributed by atoms with Crippen molar-refractivity contribution in [3.63, 3.8) is 0 Å². The van der Waals surface area contributed by atoms with E-state index in [1.165, 1.54) is 0 Å². The summed E-state index contributed by atoms with van der Waals surface area (Å²) in [5.41, 5.74) is 5.25. The molecule has 1 saturated heterocycles. The molecule has 0 aromatic heterocycles. The van der Waals surface area contributed by atoms with Gasteiger partial charge in [-0.1, -0.05) is 0 Å². The van der Waals surface area contributed by atoms with Crippen LogP contribution >= 0.6 is 0 Å². The van der Waals surface area contributed by atoms with E-state index >= 15 is 0 Å². The number of hydrogen-bond donors (Lipinski definition) is 2. The van der Waals surface area contributed by atoms with Crippen molar-refractivity contribution >= 4 is 11.8 Å². The van der Waals surface area contributed by atoms with Crippen LogP contribution in [0.25, 0.3) is 0 Å². The van der Waals surface area contributed by atoms with Gasteiger partial charge in [0.1, 0.15) is 0 Å². The highest BCUT2D eigenvalue weighted by molar-refractivity contribution is 5.80. The van der Waals surface area contributed by atoms with Crippen molar-refractivity contribution < 1.29 is 9.59 Å². The molecule has 1 aliphatic heterocycles. The van der Waals surface area contributed by atoms with E-state index in [4.69, 9.17) is 5.73 Å². The first-order valence-corrected chi connectivity index (χ1v) is 4.88. The molecule has 1 heterocycles. The van der Waals surface area contributed by atoms with Crippen molar-refractivity contribution in [1.82, 2.24) is 10.2 Å². The molecule has 1 fully saturated rings. The average Bonchev–Trinajstić information content (AvgIpc) is 2.27. The lowest BCUT2D eigenvalue weighted by atomic mass is 9.96. The predicted octanol–water partition coefficient (Wildman–Crippen LogP) is -1.07. The Bertz CT molecular complexity index is 198. The normalized spacial score (nSPS) is 18.0. The Morgan fingerprint density at radius 3 is 2.43 bits per heavy atom. The van der Waals surface area contributed by atoms with E-state index in [1.54, 1.807) is 11.9 Å². The van der Waals surface area contributed by atoms with Gasteiger partial charge in [0.2, 0.25) is 11.8 Å². The summed E-state index contributed by atoms with van der Waals surface area (Å²) in [5, 5.41) is 2.63. The second-order valence-electron chi connectivity index (χ2n) is 3.47. The molecule has 3 N–H and O–H groups in total. The van der Waals surface area contributed by atoms with E-state index < -0.39 is 0 Å². The van der Waals surface area contributed by atoms with Crippen molar-refractivity contribution in [3.8, 4) is 0 Å². The minimum atomic E-state index is -0.0274. The minimum absolute atomic E-state index is 0.0274. The van der Waals surface area contributed by atoms with E-state index in [-0.39, 0.29) is 24.3 Å². The van der Waals surface area contributed by atoms with E-state index in [9.17, 15) is 9.59 Å². The Morgan fingerprint density at radius 1 is 1.43 bits per heavy atom. The molecular formula is C9H17N3O2. The average molecular weight is 199 g/mol. The predicted molar refractivity (Wildman–Crippen MR) is 52.4 cm³/mol. The Labute approximate surface area is 83.6 Å². The van der Waals surface area contributed by atoms with Crippen LogP contribution in [0.3, 0.4) is 0 Å². The second-order valence-corrected chi connectivity index (χ2v) is 3.47. The van der Waals surface area contributed by atoms with E-state index in [0.717, 1.165) is 12.8 Å². The quantitative estimate of drug-likeness (QED) is 0.594. The SMILES string of the molecule is CNC(=O)C1CCN(C(=O)CN)CC1. The fraction of sp³-hybridized carbons (Fsp3) is 0.778. The van der Waals surface area contributed by atoms with Crippen LogP contribution in [0.4, 0.5) is 0 Å². The summed E-state index contributed by atoms with van der Waals surface area (Å²) in [6.45, 7) is 1.35. The van der Waals surface area contributed by atoms with Crippen molar-refractivity contribution in [3.05, 3.63) is 0 Å². The summed E-state index contributed by atoms with van der Waals surface area (Å²) in [5.74, 6) is 0.104. The molecule has 0 spiro atoms. The number of carbonyl (C=O) groups is 2. The van der Waals surface area contributed by atoms with Crippen LogP contribution in [-0.2, 0) is 9.59 Å². The molecule has 0 aromatic rings. The summed E-state index contributed by atoms with van der Waals surface area (Å²) in [6, 6.07) is 0. The Morgan fingerprint density at radius 2 is 2.00 bits per heavy atom. The lowest BCUT2D eigenvalue weighted by Crippen LogP contribution is -2.44. The van der Waals surface area contributed by atoms with Gasteiger partial charge in [0, 0.05) is 26.1 Å². The summed E-state index contributed by atoms with van der Waals surface area (Å²) < 4.78 is 0. The third-order valence-corrected chi connectivity index (χ3v) is 2.64. The van der Waals surface area contributed by atoms with E-state index in [0.29, 0.717) is 13.1 Å². The van der Waals surface area contributed by atoms with Crippen LogP contribution < -0.4 is 11.1 Å². The molecule has 0 atom stereocenters. The van der Waals surface area contributed by atoms with Crippen LogP contribution in [0, 0.1) is 5.92 Å². The molecular weight excluding hydrogens is 182 g/mol. The number of nitrogens with two attached hydrogens (primary N) is 1. The maximum atomic E-state index is 11.3. The maximum Gasteiger partial charge on any atom is 0.236 e. The van der Waals surface area contributed by atoms with Crippen LogP contribution in [-0.4, -0.2) is 43.4 Å². The summed E-state index contributed by atoms with van der Waals surface area (Å²) >= 11 is 0. The van der Waals surface area contributed by atoms with Gasteiger partial charge in [0.15, 0.2) is 0 Å². The van der Waals surface area contributed by atoms with E-state index in [1.807, 2.05) is 0 Å². The first-order valence-electron chi connectivity index (χ1n) is 4.88. The van der Waals surface area contributed by atoms with Gasteiger partial charge >= 0.3 is 0 Å². The van der Waals surface area contributed by atoms with Gasteiger partial charge in [0.05, 0.1) is 6.54 Å². The minimum Gasteiger partial charge on any atom is -0.359 e. The highest BCUT2D eigenvalue weighted by Gasteiger charge is 2.25. The van der Waals surface area contributed by atoms with Gasteiger partial charge < -0.3 is 16.0 Å². The van der Waals surface area contributed by atoms with Crippen molar-refractivity contribution in [2.45, 2.75) is 12.8 Å². The summed E-state index contributed by atoms with van der Waals surface area (Å²) in [4.78, 5) is 24.2. The third kappa shape index (κ3) is 2.45. The van der Waals surface area contributed by atoms with Gasteiger partial charge in [-0.15, -0.1) is 0 Å². The van der Waals surface area contributed by atoms with Crippen LogP contribution in [0.15, 0.2) is 0 Å².